The molecule has 0 unspecified atom stereocenters. The van der Waals surface area contributed by atoms with Crippen LogP contribution in [0.1, 0.15) is 19.3 Å². The number of rotatable bonds is 15. The van der Waals surface area contributed by atoms with E-state index in [1.54, 1.807) is 24.3 Å². The fourth-order valence-electron chi connectivity index (χ4n) is 3.83. The van der Waals surface area contributed by atoms with E-state index in [9.17, 15) is 34.5 Å². The minimum absolute atomic E-state index is 0.0641. The van der Waals surface area contributed by atoms with Crippen LogP contribution in [0.3, 0.4) is 0 Å². The van der Waals surface area contributed by atoms with Crippen LogP contribution in [-0.4, -0.2) is 60.1 Å². The summed E-state index contributed by atoms with van der Waals surface area (Å²) in [6.07, 6.45) is -1.01. The van der Waals surface area contributed by atoms with Crippen LogP contribution >= 0.6 is 56.7 Å². The van der Waals surface area contributed by atoms with Crippen LogP contribution in [0.2, 0.25) is 0 Å². The Morgan fingerprint density at radius 1 is 0.733 bits per heavy atom. The Morgan fingerprint density at radius 3 is 1.71 bits per heavy atom. The summed E-state index contributed by atoms with van der Waals surface area (Å²) in [4.78, 5) is 50.8. The smallest absolute Gasteiger partial charge is 0.345 e. The van der Waals surface area contributed by atoms with Crippen molar-refractivity contribution in [3.63, 3.8) is 0 Å². The van der Waals surface area contributed by atoms with Gasteiger partial charge in [-0.3, -0.25) is 15.3 Å². The molecule has 0 aliphatic rings. The molecule has 0 amide bonds. The number of carbonyl (C=O) groups is 4. The molecule has 234 valence electrons. The SMILES string of the molecule is N[C@H](COc1cc(-c2ccc(C(=O)O)s2)sc1-c1ccc(-c2sc(-c3ccc(C(=O)[O-])s3)cc2OC[C@H](N)C(=O)O)s1)OC=O. The second-order valence-corrected chi connectivity index (χ2v) is 14.4. The van der Waals surface area contributed by atoms with Gasteiger partial charge in [-0.05, 0) is 36.4 Å². The van der Waals surface area contributed by atoms with Gasteiger partial charge in [0.25, 0.3) is 6.47 Å². The Kier molecular flexibility index (Phi) is 9.98. The quantitative estimate of drug-likeness (QED) is 0.0885. The zero-order chi connectivity index (χ0) is 32.2. The summed E-state index contributed by atoms with van der Waals surface area (Å²) in [6, 6.07) is 12.3. The number of carboxylic acid groups (broad SMARTS) is 3. The van der Waals surface area contributed by atoms with Crippen molar-refractivity contribution in [2.75, 3.05) is 13.2 Å². The van der Waals surface area contributed by atoms with Gasteiger partial charge in [-0.25, -0.2) is 4.79 Å². The highest BCUT2D eigenvalue weighted by molar-refractivity contribution is 7.30. The van der Waals surface area contributed by atoms with Gasteiger partial charge in [0.05, 0.1) is 20.6 Å². The van der Waals surface area contributed by atoms with Gasteiger partial charge in [0.15, 0.2) is 6.23 Å². The molecular weight excluding hydrogens is 685 g/mol. The van der Waals surface area contributed by atoms with Crippen LogP contribution in [0.15, 0.2) is 48.5 Å². The second-order valence-electron chi connectivity index (χ2n) is 9.03. The van der Waals surface area contributed by atoms with Crippen LogP contribution in [0, 0.1) is 0 Å². The van der Waals surface area contributed by atoms with Crippen LogP contribution in [-0.2, 0) is 14.3 Å². The fourth-order valence-corrected chi connectivity index (χ4v) is 9.12. The molecule has 5 heterocycles. The standard InChI is InChI=1S/C28H22N2O10S5/c29-12(26(32)33)9-38-13-7-21(15-1-5-19(41-15)27(34)35)44-24(13)17-3-4-18(43-17)25-14(39-10-23(30)40-11-31)8-22(45-25)16-2-6-20(42-16)28(36)37/h1-8,11-12,23H,9-10,29-30H2,(H,32,33)(H,34,35)(H,36,37)/p-1/t12-,23-/m0/s1. The fraction of sp³-hybridized carbons (Fsp3) is 0.143. The van der Waals surface area contributed by atoms with E-state index >= 15 is 0 Å². The highest BCUT2D eigenvalue weighted by atomic mass is 32.1. The van der Waals surface area contributed by atoms with Crippen molar-refractivity contribution in [3.05, 3.63) is 58.3 Å². The van der Waals surface area contributed by atoms with E-state index < -0.39 is 30.2 Å². The van der Waals surface area contributed by atoms with E-state index in [0.29, 0.717) is 31.0 Å². The highest BCUT2D eigenvalue weighted by Crippen LogP contribution is 2.51. The van der Waals surface area contributed by atoms with E-state index in [2.05, 4.69) is 0 Å². The Morgan fingerprint density at radius 2 is 1.24 bits per heavy atom. The molecule has 0 saturated carbocycles. The predicted octanol–water partition coefficient (Wildman–Crippen LogP) is 4.35. The molecule has 0 fully saturated rings. The molecule has 5 rings (SSSR count). The lowest BCUT2D eigenvalue weighted by Crippen LogP contribution is -2.36. The number of aliphatic carboxylic acids is 1. The number of hydrogen-bond donors (Lipinski definition) is 4. The molecule has 2 atom stereocenters. The maximum Gasteiger partial charge on any atom is 0.345 e. The molecule has 5 aromatic heterocycles. The van der Waals surface area contributed by atoms with Crippen LogP contribution < -0.4 is 26.0 Å². The second kappa shape index (κ2) is 13.9. The van der Waals surface area contributed by atoms with E-state index in [0.717, 1.165) is 42.2 Å². The number of nitrogens with two attached hydrogens (primary N) is 2. The summed E-state index contributed by atoms with van der Waals surface area (Å²) in [7, 11) is 0. The van der Waals surface area contributed by atoms with Crippen molar-refractivity contribution < 1.29 is 48.7 Å². The lowest BCUT2D eigenvalue weighted by atomic mass is 10.3. The first-order valence-electron chi connectivity index (χ1n) is 12.7. The minimum atomic E-state index is -1.29. The van der Waals surface area contributed by atoms with E-state index in [1.165, 1.54) is 46.1 Å². The molecule has 0 aliphatic carbocycles. The van der Waals surface area contributed by atoms with E-state index in [4.69, 9.17) is 25.7 Å². The summed E-state index contributed by atoms with van der Waals surface area (Å²) in [5.74, 6) is -2.71. The van der Waals surface area contributed by atoms with Crippen molar-refractivity contribution >= 4 is 81.1 Å². The van der Waals surface area contributed by atoms with Crippen LogP contribution in [0.5, 0.6) is 11.5 Å². The van der Waals surface area contributed by atoms with Gasteiger partial charge in [-0.15, -0.1) is 56.7 Å². The lowest BCUT2D eigenvalue weighted by Gasteiger charge is -2.11. The molecule has 0 radical (unpaired) electrons. The Labute approximate surface area is 274 Å². The molecule has 0 aromatic carbocycles. The number of aromatic carboxylic acids is 2. The lowest BCUT2D eigenvalue weighted by molar-refractivity contribution is -0.254. The normalized spacial score (nSPS) is 12.4. The number of ether oxygens (including phenoxy) is 3. The molecule has 6 N–H and O–H groups in total. The molecule has 5 aromatic rings. The Balaban J connectivity index is 1.52. The van der Waals surface area contributed by atoms with Crippen LogP contribution in [0.4, 0.5) is 0 Å². The average Bonchev–Trinajstić information content (AvgIpc) is 3.82. The van der Waals surface area contributed by atoms with Crippen molar-refractivity contribution in [2.24, 2.45) is 11.5 Å². The van der Waals surface area contributed by atoms with E-state index in [1.807, 2.05) is 12.1 Å². The van der Waals surface area contributed by atoms with Gasteiger partial charge in [-0.2, -0.15) is 0 Å². The number of carboxylic acids is 3. The Hall–Kier alpha value is -4.10. The molecule has 17 heteroatoms. The van der Waals surface area contributed by atoms with Crippen molar-refractivity contribution in [1.29, 1.82) is 0 Å². The number of hydrogen-bond acceptors (Lipinski definition) is 15. The first kappa shape index (κ1) is 32.3. The predicted molar refractivity (Wildman–Crippen MR) is 171 cm³/mol. The summed E-state index contributed by atoms with van der Waals surface area (Å²) >= 11 is 6.27. The maximum atomic E-state index is 11.4. The van der Waals surface area contributed by atoms with Gasteiger partial charge in [0, 0.05) is 41.4 Å². The number of thiophene rings is 5. The average molecular weight is 706 g/mol. The van der Waals surface area contributed by atoms with Crippen molar-refractivity contribution in [3.8, 4) is 50.5 Å². The van der Waals surface area contributed by atoms with Gasteiger partial charge in [0.2, 0.25) is 0 Å². The van der Waals surface area contributed by atoms with Gasteiger partial charge in [0.1, 0.15) is 35.6 Å². The molecular formula is C28H21N2O10S5-. The molecule has 0 bridgehead atoms. The summed E-state index contributed by atoms with van der Waals surface area (Å²) < 4.78 is 16.5. The molecule has 12 nitrogen and oxygen atoms in total. The third-order valence-electron chi connectivity index (χ3n) is 5.93. The van der Waals surface area contributed by atoms with Gasteiger partial charge >= 0.3 is 11.9 Å². The Bertz CT molecular complexity index is 1870. The first-order valence-corrected chi connectivity index (χ1v) is 16.7. The topological polar surface area (TPSA) is 212 Å². The summed E-state index contributed by atoms with van der Waals surface area (Å²) in [5.41, 5.74) is 11.5. The third-order valence-corrected chi connectivity index (χ3v) is 12.1. The largest absolute Gasteiger partial charge is 0.544 e. The first-order chi connectivity index (χ1) is 21.5. The van der Waals surface area contributed by atoms with Gasteiger partial charge < -0.3 is 40.1 Å². The zero-order valence-corrected chi connectivity index (χ0v) is 26.7. The highest BCUT2D eigenvalue weighted by Gasteiger charge is 2.23. The third kappa shape index (κ3) is 7.42. The summed E-state index contributed by atoms with van der Waals surface area (Å²) in [5, 5.41) is 29.9. The van der Waals surface area contributed by atoms with Crippen LogP contribution in [0.25, 0.3) is 39.0 Å². The van der Waals surface area contributed by atoms with Crippen molar-refractivity contribution in [1.82, 2.24) is 0 Å². The monoisotopic (exact) mass is 705 g/mol. The number of carbonyl (C=O) groups excluding carboxylic acids is 2. The van der Waals surface area contributed by atoms with Crippen molar-refractivity contribution in [2.45, 2.75) is 12.3 Å². The molecule has 0 saturated heterocycles. The van der Waals surface area contributed by atoms with Gasteiger partial charge in [-0.1, -0.05) is 0 Å². The maximum absolute atomic E-state index is 11.4. The molecule has 45 heavy (non-hydrogen) atoms. The molecule has 0 aliphatic heterocycles. The minimum Gasteiger partial charge on any atom is -0.544 e. The van der Waals surface area contributed by atoms with E-state index in [-0.39, 0.29) is 29.4 Å². The summed E-state index contributed by atoms with van der Waals surface area (Å²) in [6.45, 7) is -0.192. The molecule has 0 spiro atoms. The zero-order valence-electron chi connectivity index (χ0n) is 22.6.